The van der Waals surface area contributed by atoms with Crippen molar-refractivity contribution in [1.82, 2.24) is 4.90 Å². The van der Waals surface area contributed by atoms with Crippen molar-refractivity contribution in [3.05, 3.63) is 28.7 Å². The molecule has 2 N–H and O–H groups in total. The lowest BCUT2D eigenvalue weighted by Gasteiger charge is -2.11. The second kappa shape index (κ2) is 6.93. The summed E-state index contributed by atoms with van der Waals surface area (Å²) in [5.41, 5.74) is 6.34. The lowest BCUT2D eigenvalue weighted by atomic mass is 10.2. The zero-order chi connectivity index (χ0) is 15.4. The Labute approximate surface area is 133 Å². The molecule has 0 bridgehead atoms. The van der Waals surface area contributed by atoms with Crippen LogP contribution in [0.3, 0.4) is 0 Å². The van der Waals surface area contributed by atoms with Crippen LogP contribution in [0.4, 0.5) is 0 Å². The zero-order valence-corrected chi connectivity index (χ0v) is 13.4. The number of ether oxygens (including phenoxy) is 2. The molecule has 2 rings (SSSR count). The minimum absolute atomic E-state index is 0.106. The van der Waals surface area contributed by atoms with Crippen LogP contribution in [0, 0.1) is 0 Å². The summed E-state index contributed by atoms with van der Waals surface area (Å²) in [6, 6.07) is 5.47. The minimum Gasteiger partial charge on any atom is -0.493 e. The predicted molar refractivity (Wildman–Crippen MR) is 88.5 cm³/mol. The van der Waals surface area contributed by atoms with Crippen LogP contribution in [0.25, 0.3) is 6.08 Å². The maximum atomic E-state index is 12.2. The number of amides is 1. The summed E-state index contributed by atoms with van der Waals surface area (Å²) in [5.74, 6) is 1.15. The first kappa shape index (κ1) is 15.8. The minimum atomic E-state index is -0.106. The van der Waals surface area contributed by atoms with Crippen molar-refractivity contribution < 1.29 is 14.3 Å². The predicted octanol–water partition coefficient (Wildman–Crippen LogP) is 1.86. The average molecular weight is 324 g/mol. The number of carbonyl (C=O) groups is 1. The van der Waals surface area contributed by atoms with Gasteiger partial charge < -0.3 is 15.2 Å². The van der Waals surface area contributed by atoms with Crippen molar-refractivity contribution in [2.24, 2.45) is 5.73 Å². The molecule has 112 valence electrons. The van der Waals surface area contributed by atoms with E-state index in [0.29, 0.717) is 33.8 Å². The van der Waals surface area contributed by atoms with E-state index in [4.69, 9.17) is 27.4 Å². The molecule has 0 unspecified atom stereocenters. The van der Waals surface area contributed by atoms with E-state index >= 15 is 0 Å². The van der Waals surface area contributed by atoms with E-state index in [2.05, 4.69) is 0 Å². The lowest BCUT2D eigenvalue weighted by molar-refractivity contribution is -0.122. The van der Waals surface area contributed by atoms with Crippen molar-refractivity contribution in [3.63, 3.8) is 0 Å². The highest BCUT2D eigenvalue weighted by Gasteiger charge is 2.31. The smallest absolute Gasteiger partial charge is 0.266 e. The highest BCUT2D eigenvalue weighted by molar-refractivity contribution is 8.26. The van der Waals surface area contributed by atoms with Gasteiger partial charge in [0, 0.05) is 13.1 Å². The summed E-state index contributed by atoms with van der Waals surface area (Å²) in [5, 5.41) is 0. The molecule has 1 aliphatic heterocycles. The fourth-order valence-electron chi connectivity index (χ4n) is 1.92. The van der Waals surface area contributed by atoms with Crippen molar-refractivity contribution >= 4 is 40.3 Å². The number of thioether (sulfide) groups is 1. The van der Waals surface area contributed by atoms with Gasteiger partial charge in [-0.25, -0.2) is 0 Å². The summed E-state index contributed by atoms with van der Waals surface area (Å²) in [7, 11) is 3.15. The SMILES string of the molecule is COc1ccc(/C=C2/SC(=S)N(CCN)C2=O)cc1OC. The maximum Gasteiger partial charge on any atom is 0.266 e. The van der Waals surface area contributed by atoms with Crippen LogP contribution in [0.15, 0.2) is 23.1 Å². The molecule has 21 heavy (non-hydrogen) atoms. The number of hydrogen-bond donors (Lipinski definition) is 1. The number of nitrogens with zero attached hydrogens (tertiary/aromatic N) is 1. The largest absolute Gasteiger partial charge is 0.493 e. The normalized spacial score (nSPS) is 16.7. The molecule has 1 aromatic carbocycles. The molecule has 1 aliphatic rings. The van der Waals surface area contributed by atoms with Crippen molar-refractivity contribution in [1.29, 1.82) is 0 Å². The Kier molecular flexibility index (Phi) is 5.22. The van der Waals surface area contributed by atoms with Crippen LogP contribution in [0.5, 0.6) is 11.5 Å². The Morgan fingerprint density at radius 2 is 2.05 bits per heavy atom. The molecule has 0 aliphatic carbocycles. The van der Waals surface area contributed by atoms with Gasteiger partial charge in [-0.2, -0.15) is 0 Å². The molecule has 1 aromatic rings. The Morgan fingerprint density at radius 1 is 1.33 bits per heavy atom. The van der Waals surface area contributed by atoms with Gasteiger partial charge in [-0.05, 0) is 23.8 Å². The molecule has 0 spiro atoms. The van der Waals surface area contributed by atoms with Gasteiger partial charge >= 0.3 is 0 Å². The van der Waals surface area contributed by atoms with E-state index in [0.717, 1.165) is 5.56 Å². The van der Waals surface area contributed by atoms with Gasteiger partial charge in [0.1, 0.15) is 4.32 Å². The molecule has 0 radical (unpaired) electrons. The summed E-state index contributed by atoms with van der Waals surface area (Å²) in [6.45, 7) is 0.823. The highest BCUT2D eigenvalue weighted by atomic mass is 32.2. The molecule has 0 saturated carbocycles. The zero-order valence-electron chi connectivity index (χ0n) is 11.8. The second-order valence-corrected chi connectivity index (χ2v) is 5.91. The van der Waals surface area contributed by atoms with Crippen molar-refractivity contribution in [2.75, 3.05) is 27.3 Å². The topological polar surface area (TPSA) is 64.8 Å². The quantitative estimate of drug-likeness (QED) is 0.659. The molecule has 0 aromatic heterocycles. The van der Waals surface area contributed by atoms with Crippen LogP contribution in [0.2, 0.25) is 0 Å². The first-order valence-electron chi connectivity index (χ1n) is 6.28. The lowest BCUT2D eigenvalue weighted by Crippen LogP contribution is -2.32. The van der Waals surface area contributed by atoms with Crippen LogP contribution in [0.1, 0.15) is 5.56 Å². The van der Waals surface area contributed by atoms with Crippen molar-refractivity contribution in [3.8, 4) is 11.5 Å². The Bertz CT molecular complexity index is 602. The third-order valence-electron chi connectivity index (χ3n) is 2.93. The molecule has 1 amide bonds. The molecule has 5 nitrogen and oxygen atoms in total. The standard InChI is InChI=1S/C14H16N2O3S2/c1-18-10-4-3-9(7-11(10)19-2)8-12-13(17)16(6-5-15)14(20)21-12/h3-4,7-8H,5-6,15H2,1-2H3/b12-8+. The fraction of sp³-hybridized carbons (Fsp3) is 0.286. The van der Waals surface area contributed by atoms with Gasteiger partial charge in [0.15, 0.2) is 11.5 Å². The number of thiocarbonyl (C=S) groups is 1. The Hall–Kier alpha value is -1.57. The van der Waals surface area contributed by atoms with Crippen LogP contribution < -0.4 is 15.2 Å². The summed E-state index contributed by atoms with van der Waals surface area (Å²) in [4.78, 5) is 14.3. The molecule has 7 heteroatoms. The molecule has 0 atom stereocenters. The number of benzene rings is 1. The van der Waals surface area contributed by atoms with E-state index in [1.807, 2.05) is 12.1 Å². The summed E-state index contributed by atoms with van der Waals surface area (Å²) in [6.07, 6.45) is 1.79. The van der Waals surface area contributed by atoms with E-state index in [-0.39, 0.29) is 5.91 Å². The summed E-state index contributed by atoms with van der Waals surface area (Å²) >= 11 is 6.47. The molecule has 1 fully saturated rings. The molecule has 1 saturated heterocycles. The first-order chi connectivity index (χ1) is 10.1. The first-order valence-corrected chi connectivity index (χ1v) is 7.50. The van der Waals surface area contributed by atoms with Crippen LogP contribution in [-0.4, -0.2) is 42.4 Å². The molecular weight excluding hydrogens is 308 g/mol. The van der Waals surface area contributed by atoms with Gasteiger partial charge in [0.05, 0.1) is 19.1 Å². The summed E-state index contributed by atoms with van der Waals surface area (Å²) < 4.78 is 11.0. The van der Waals surface area contributed by atoms with E-state index in [1.54, 1.807) is 26.4 Å². The number of carbonyl (C=O) groups excluding carboxylic acids is 1. The van der Waals surface area contributed by atoms with E-state index in [9.17, 15) is 4.79 Å². The number of hydrogen-bond acceptors (Lipinski definition) is 6. The molecule has 1 heterocycles. The van der Waals surface area contributed by atoms with E-state index < -0.39 is 0 Å². The average Bonchev–Trinajstić information content (AvgIpc) is 2.75. The number of rotatable bonds is 5. The third-order valence-corrected chi connectivity index (χ3v) is 4.31. The number of methoxy groups -OCH3 is 2. The van der Waals surface area contributed by atoms with Crippen molar-refractivity contribution in [2.45, 2.75) is 0 Å². The van der Waals surface area contributed by atoms with E-state index in [1.165, 1.54) is 16.7 Å². The monoisotopic (exact) mass is 324 g/mol. The number of nitrogens with two attached hydrogens (primary N) is 1. The van der Waals surface area contributed by atoms with Crippen LogP contribution in [-0.2, 0) is 4.79 Å². The fourth-order valence-corrected chi connectivity index (χ4v) is 3.22. The highest BCUT2D eigenvalue weighted by Crippen LogP contribution is 2.34. The third kappa shape index (κ3) is 3.37. The van der Waals surface area contributed by atoms with Gasteiger partial charge in [0.25, 0.3) is 5.91 Å². The van der Waals surface area contributed by atoms with Gasteiger partial charge in [-0.3, -0.25) is 9.69 Å². The second-order valence-electron chi connectivity index (χ2n) is 4.24. The van der Waals surface area contributed by atoms with Gasteiger partial charge in [0.2, 0.25) is 0 Å². The van der Waals surface area contributed by atoms with Gasteiger partial charge in [-0.1, -0.05) is 30.0 Å². The Morgan fingerprint density at radius 3 is 2.67 bits per heavy atom. The Balaban J connectivity index is 2.28. The van der Waals surface area contributed by atoms with Gasteiger partial charge in [-0.15, -0.1) is 0 Å². The maximum absolute atomic E-state index is 12.2. The van der Waals surface area contributed by atoms with Crippen LogP contribution >= 0.6 is 24.0 Å². The molecular formula is C14H16N2O3S2.